The molecule has 6 nitrogen and oxygen atoms in total. The van der Waals surface area contributed by atoms with Gasteiger partial charge in [0.25, 0.3) is 0 Å². The summed E-state index contributed by atoms with van der Waals surface area (Å²) >= 11 is 0. The molecular formula is C39H40N4O2. The first kappa shape index (κ1) is 28.9. The number of methoxy groups -OCH3 is 1. The van der Waals surface area contributed by atoms with Gasteiger partial charge in [0.05, 0.1) is 29.5 Å². The van der Waals surface area contributed by atoms with E-state index < -0.39 is 0 Å². The van der Waals surface area contributed by atoms with Crippen molar-refractivity contribution in [2.75, 3.05) is 7.11 Å². The highest BCUT2D eigenvalue weighted by Gasteiger charge is 2.30. The summed E-state index contributed by atoms with van der Waals surface area (Å²) in [4.78, 5) is 4.70. The lowest BCUT2D eigenvalue weighted by atomic mass is 9.75. The minimum Gasteiger partial charge on any atom is -0.497 e. The zero-order valence-electron chi connectivity index (χ0n) is 27.0. The molecule has 0 N–H and O–H groups in total. The van der Waals surface area contributed by atoms with E-state index in [1.54, 1.807) is 13.3 Å². The van der Waals surface area contributed by atoms with Crippen molar-refractivity contribution in [2.24, 2.45) is 5.92 Å². The minimum atomic E-state index is 0.417. The summed E-state index contributed by atoms with van der Waals surface area (Å²) in [5, 5.41) is 7.43. The highest BCUT2D eigenvalue weighted by Crippen LogP contribution is 2.42. The van der Waals surface area contributed by atoms with E-state index in [1.165, 1.54) is 29.7 Å². The van der Waals surface area contributed by atoms with Gasteiger partial charge in [0.1, 0.15) is 23.1 Å². The van der Waals surface area contributed by atoms with Crippen LogP contribution in [0.25, 0.3) is 33.3 Å². The fourth-order valence-electron chi connectivity index (χ4n) is 7.33. The van der Waals surface area contributed by atoms with E-state index >= 15 is 0 Å². The molecule has 0 spiro atoms. The minimum absolute atomic E-state index is 0.417. The second-order valence-corrected chi connectivity index (χ2v) is 12.4. The maximum atomic E-state index is 6.61. The smallest absolute Gasteiger partial charge is 0.141 e. The third-order valence-corrected chi connectivity index (χ3v) is 9.34. The number of benzene rings is 3. The van der Waals surface area contributed by atoms with Gasteiger partial charge in [-0.05, 0) is 87.9 Å². The number of hydrogen-bond donors (Lipinski definition) is 0. The molecule has 7 rings (SSSR count). The van der Waals surface area contributed by atoms with E-state index in [2.05, 4.69) is 105 Å². The molecule has 3 heterocycles. The van der Waals surface area contributed by atoms with Crippen LogP contribution < -0.4 is 9.47 Å². The SMILES string of the molecule is CCc1c(C2C(C)=CCC[C@@H]2C)c(C)nn1-c1cc(C)cc(Oc2ccc3c4ccccc4n(-c4cc(OC)ccn4)c3c2)c1. The summed E-state index contributed by atoms with van der Waals surface area (Å²) < 4.78 is 16.5. The van der Waals surface area contributed by atoms with Crippen molar-refractivity contribution < 1.29 is 9.47 Å². The molecule has 6 aromatic rings. The Kier molecular flexibility index (Phi) is 7.44. The lowest BCUT2D eigenvalue weighted by Crippen LogP contribution is -2.17. The van der Waals surface area contributed by atoms with Crippen LogP contribution in [-0.2, 0) is 6.42 Å². The Morgan fingerprint density at radius 1 is 0.867 bits per heavy atom. The Labute approximate surface area is 264 Å². The van der Waals surface area contributed by atoms with Crippen molar-refractivity contribution in [1.29, 1.82) is 0 Å². The second-order valence-electron chi connectivity index (χ2n) is 12.4. The summed E-state index contributed by atoms with van der Waals surface area (Å²) in [6.07, 6.45) is 7.49. The van der Waals surface area contributed by atoms with Gasteiger partial charge in [-0.1, -0.05) is 43.7 Å². The predicted molar refractivity (Wildman–Crippen MR) is 183 cm³/mol. The zero-order chi connectivity index (χ0) is 31.2. The Balaban J connectivity index is 1.30. The zero-order valence-corrected chi connectivity index (χ0v) is 27.0. The maximum absolute atomic E-state index is 6.61. The highest BCUT2D eigenvalue weighted by molar-refractivity contribution is 6.09. The lowest BCUT2D eigenvalue weighted by Gasteiger charge is -2.29. The van der Waals surface area contributed by atoms with Gasteiger partial charge < -0.3 is 9.47 Å². The summed E-state index contributed by atoms with van der Waals surface area (Å²) in [5.74, 6) is 4.12. The number of aromatic nitrogens is 4. The number of para-hydroxylation sites is 1. The number of aryl methyl sites for hydroxylation is 2. The Morgan fingerprint density at radius 2 is 1.69 bits per heavy atom. The fourth-order valence-corrected chi connectivity index (χ4v) is 7.33. The molecule has 0 fully saturated rings. The molecular weight excluding hydrogens is 556 g/mol. The molecule has 3 aromatic carbocycles. The van der Waals surface area contributed by atoms with Crippen molar-refractivity contribution >= 4 is 21.8 Å². The largest absolute Gasteiger partial charge is 0.497 e. The topological polar surface area (TPSA) is 54.1 Å². The summed E-state index contributed by atoms with van der Waals surface area (Å²) in [6.45, 7) is 11.2. The van der Waals surface area contributed by atoms with Gasteiger partial charge >= 0.3 is 0 Å². The van der Waals surface area contributed by atoms with Gasteiger partial charge in [-0.2, -0.15) is 5.10 Å². The van der Waals surface area contributed by atoms with Crippen LogP contribution in [0.1, 0.15) is 62.0 Å². The van der Waals surface area contributed by atoms with Gasteiger partial charge in [0, 0.05) is 52.3 Å². The number of fused-ring (bicyclic) bond motifs is 3. The Bertz CT molecular complexity index is 2080. The molecule has 1 aliphatic carbocycles. The summed E-state index contributed by atoms with van der Waals surface area (Å²) in [5.41, 5.74) is 9.52. The van der Waals surface area contributed by atoms with Crippen LogP contribution in [0.5, 0.6) is 17.2 Å². The van der Waals surface area contributed by atoms with E-state index in [0.29, 0.717) is 11.8 Å². The number of allylic oxidation sites excluding steroid dienone is 2. The van der Waals surface area contributed by atoms with Crippen LogP contribution in [0.15, 0.2) is 90.6 Å². The van der Waals surface area contributed by atoms with E-state index in [9.17, 15) is 0 Å². The average molecular weight is 597 g/mol. The number of ether oxygens (including phenoxy) is 2. The molecule has 1 aliphatic rings. The van der Waals surface area contributed by atoms with Gasteiger partial charge in [-0.3, -0.25) is 4.57 Å². The molecule has 0 radical (unpaired) electrons. The van der Waals surface area contributed by atoms with Crippen LogP contribution in [0.4, 0.5) is 0 Å². The third kappa shape index (κ3) is 5.08. The highest BCUT2D eigenvalue weighted by atomic mass is 16.5. The van der Waals surface area contributed by atoms with Gasteiger partial charge in [0.2, 0.25) is 0 Å². The van der Waals surface area contributed by atoms with Gasteiger partial charge in [-0.25, -0.2) is 9.67 Å². The first-order chi connectivity index (χ1) is 21.9. The molecule has 3 aromatic heterocycles. The van der Waals surface area contributed by atoms with Crippen LogP contribution in [-0.4, -0.2) is 26.4 Å². The van der Waals surface area contributed by atoms with E-state index in [0.717, 1.165) is 68.2 Å². The van der Waals surface area contributed by atoms with Gasteiger partial charge in [0.15, 0.2) is 0 Å². The van der Waals surface area contributed by atoms with Crippen molar-refractivity contribution in [3.05, 3.63) is 113 Å². The summed E-state index contributed by atoms with van der Waals surface area (Å²) in [7, 11) is 1.68. The average Bonchev–Trinajstić information content (AvgIpc) is 3.54. The van der Waals surface area contributed by atoms with Crippen LogP contribution in [0, 0.1) is 19.8 Å². The summed E-state index contributed by atoms with van der Waals surface area (Å²) in [6, 6.07) is 24.9. The number of rotatable bonds is 7. The molecule has 6 heteroatoms. The molecule has 0 bridgehead atoms. The molecule has 45 heavy (non-hydrogen) atoms. The second kappa shape index (κ2) is 11.6. The quantitative estimate of drug-likeness (QED) is 0.172. The monoisotopic (exact) mass is 596 g/mol. The predicted octanol–water partition coefficient (Wildman–Crippen LogP) is 9.80. The lowest BCUT2D eigenvalue weighted by molar-refractivity contribution is 0.414. The van der Waals surface area contributed by atoms with Crippen molar-refractivity contribution in [2.45, 2.75) is 59.8 Å². The molecule has 0 saturated heterocycles. The normalized spacial score (nSPS) is 16.7. The maximum Gasteiger partial charge on any atom is 0.141 e. The van der Waals surface area contributed by atoms with Crippen LogP contribution >= 0.6 is 0 Å². The molecule has 2 atom stereocenters. The van der Waals surface area contributed by atoms with E-state index in [-0.39, 0.29) is 0 Å². The fraction of sp³-hybridized carbons (Fsp3) is 0.282. The molecule has 0 saturated carbocycles. The third-order valence-electron chi connectivity index (χ3n) is 9.34. The van der Waals surface area contributed by atoms with Crippen molar-refractivity contribution in [3.63, 3.8) is 0 Å². The molecule has 228 valence electrons. The van der Waals surface area contributed by atoms with Crippen LogP contribution in [0.2, 0.25) is 0 Å². The van der Waals surface area contributed by atoms with E-state index in [4.69, 9.17) is 19.6 Å². The van der Waals surface area contributed by atoms with E-state index in [1.807, 2.05) is 18.2 Å². The Morgan fingerprint density at radius 3 is 2.49 bits per heavy atom. The van der Waals surface area contributed by atoms with Crippen molar-refractivity contribution in [1.82, 2.24) is 19.3 Å². The molecule has 1 unspecified atom stereocenters. The number of nitrogens with zero attached hydrogens (tertiary/aromatic N) is 4. The first-order valence-corrected chi connectivity index (χ1v) is 15.9. The first-order valence-electron chi connectivity index (χ1n) is 15.9. The molecule has 0 aliphatic heterocycles. The van der Waals surface area contributed by atoms with Crippen molar-refractivity contribution in [3.8, 4) is 28.8 Å². The number of hydrogen-bond acceptors (Lipinski definition) is 4. The molecule has 0 amide bonds. The van der Waals surface area contributed by atoms with Crippen LogP contribution in [0.3, 0.4) is 0 Å². The standard InChI is InChI=1S/C39H40N4O2/c1-7-34-39(38-25(3)11-10-12-26(38)4)27(5)41-43(34)28-19-24(2)20-31(21-28)45-30-15-16-33-32-13-8-9-14-35(32)42(36(33)22-30)37-23-29(44-6)17-18-40-37/h8-9,11,13-23,26,38H,7,10,12H2,1-6H3/t26-,38?/m0/s1. The van der Waals surface area contributed by atoms with Gasteiger partial charge in [-0.15, -0.1) is 0 Å². The number of pyridine rings is 1. The Hall–Kier alpha value is -4.84.